The first-order valence-electron chi connectivity index (χ1n) is 8.83. The number of halogens is 1. The molecule has 0 aliphatic rings. The van der Waals surface area contributed by atoms with Crippen molar-refractivity contribution >= 4 is 44.8 Å². The van der Waals surface area contributed by atoms with E-state index in [2.05, 4.69) is 36.8 Å². The van der Waals surface area contributed by atoms with E-state index in [-0.39, 0.29) is 10.9 Å². The van der Waals surface area contributed by atoms with Gasteiger partial charge in [-0.3, -0.25) is 9.59 Å². The average Bonchev–Trinajstić information content (AvgIpc) is 3.21. The van der Waals surface area contributed by atoms with Crippen molar-refractivity contribution in [2.24, 2.45) is 0 Å². The Morgan fingerprint density at radius 2 is 1.93 bits per heavy atom. The van der Waals surface area contributed by atoms with Gasteiger partial charge in [-0.25, -0.2) is 0 Å². The highest BCUT2D eigenvalue weighted by molar-refractivity contribution is 9.10. The van der Waals surface area contributed by atoms with Crippen LogP contribution >= 0.6 is 27.3 Å². The summed E-state index contributed by atoms with van der Waals surface area (Å²) >= 11 is 4.57. The highest BCUT2D eigenvalue weighted by Crippen LogP contribution is 2.23. The molecule has 2 amide bonds. The normalized spacial score (nSPS) is 10.5. The van der Waals surface area contributed by atoms with Crippen molar-refractivity contribution in [2.75, 3.05) is 19.5 Å². The fourth-order valence-corrected chi connectivity index (χ4v) is 3.73. The number of hydrogen-bond acceptors (Lipinski definition) is 7. The Morgan fingerprint density at radius 1 is 1.10 bits per heavy atom. The number of carbonyl (C=O) groups is 2. The Kier molecular flexibility index (Phi) is 7.50. The van der Waals surface area contributed by atoms with Gasteiger partial charge in [0.05, 0.1) is 13.7 Å². The molecule has 0 fully saturated rings. The fourth-order valence-electron chi connectivity index (χ4n) is 2.61. The van der Waals surface area contributed by atoms with Crippen LogP contribution in [0.2, 0.25) is 0 Å². The topological polar surface area (TPSA) is 102 Å². The Hall–Kier alpha value is -2.82. The van der Waals surface area contributed by atoms with Crippen LogP contribution in [-0.4, -0.2) is 36.2 Å². The minimum Gasteiger partial charge on any atom is -0.496 e. The number of ether oxygens (including phenoxy) is 2. The van der Waals surface area contributed by atoms with E-state index in [0.717, 1.165) is 21.4 Å². The van der Waals surface area contributed by atoms with Crippen molar-refractivity contribution in [3.8, 4) is 5.75 Å². The van der Waals surface area contributed by atoms with Gasteiger partial charge >= 0.3 is 0 Å². The summed E-state index contributed by atoms with van der Waals surface area (Å²) in [5.41, 5.74) is 1.74. The first-order chi connectivity index (χ1) is 14.5. The molecule has 156 valence electrons. The number of methoxy groups -OCH3 is 2. The monoisotopic (exact) mass is 490 g/mol. The van der Waals surface area contributed by atoms with Gasteiger partial charge in [0.1, 0.15) is 10.8 Å². The van der Waals surface area contributed by atoms with Crippen LogP contribution < -0.4 is 15.4 Å². The SMILES string of the molecule is COCc1nnc(C(=O)Nc2cccc(C(=O)NCc3cc(Br)ccc3OC)c2)s1. The van der Waals surface area contributed by atoms with Crippen molar-refractivity contribution < 1.29 is 19.1 Å². The lowest BCUT2D eigenvalue weighted by Gasteiger charge is -2.11. The van der Waals surface area contributed by atoms with Crippen LogP contribution in [0.3, 0.4) is 0 Å². The van der Waals surface area contributed by atoms with E-state index in [9.17, 15) is 9.59 Å². The van der Waals surface area contributed by atoms with E-state index in [1.165, 1.54) is 0 Å². The Labute approximate surface area is 185 Å². The molecule has 0 aliphatic heterocycles. The van der Waals surface area contributed by atoms with Crippen LogP contribution in [0.15, 0.2) is 46.9 Å². The molecule has 1 heterocycles. The number of anilines is 1. The second-order valence-corrected chi connectivity index (χ2v) is 8.09. The number of nitrogens with zero attached hydrogens (tertiary/aromatic N) is 2. The number of rotatable bonds is 8. The zero-order valence-corrected chi connectivity index (χ0v) is 18.7. The van der Waals surface area contributed by atoms with Crippen LogP contribution in [0.1, 0.15) is 30.7 Å². The Morgan fingerprint density at radius 3 is 2.70 bits per heavy atom. The van der Waals surface area contributed by atoms with Crippen molar-refractivity contribution in [1.29, 1.82) is 0 Å². The van der Waals surface area contributed by atoms with Crippen molar-refractivity contribution in [3.05, 3.63) is 68.1 Å². The number of amides is 2. The molecular weight excluding hydrogens is 472 g/mol. The summed E-state index contributed by atoms with van der Waals surface area (Å²) in [6, 6.07) is 12.2. The zero-order chi connectivity index (χ0) is 21.5. The molecule has 3 rings (SSSR count). The van der Waals surface area contributed by atoms with Gasteiger partial charge in [0, 0.05) is 34.9 Å². The van der Waals surface area contributed by atoms with Gasteiger partial charge < -0.3 is 20.1 Å². The summed E-state index contributed by atoms with van der Waals surface area (Å²) < 4.78 is 11.2. The van der Waals surface area contributed by atoms with Crippen LogP contribution in [0, 0.1) is 0 Å². The number of hydrogen-bond donors (Lipinski definition) is 2. The molecule has 0 radical (unpaired) electrons. The van der Waals surface area contributed by atoms with Crippen molar-refractivity contribution in [1.82, 2.24) is 15.5 Å². The highest BCUT2D eigenvalue weighted by Gasteiger charge is 2.14. The number of aromatic nitrogens is 2. The van der Waals surface area contributed by atoms with Crippen LogP contribution in [0.5, 0.6) is 5.75 Å². The first kappa shape index (κ1) is 21.9. The first-order valence-corrected chi connectivity index (χ1v) is 10.4. The van der Waals surface area contributed by atoms with E-state index in [1.807, 2.05) is 18.2 Å². The summed E-state index contributed by atoms with van der Waals surface area (Å²) in [5, 5.41) is 14.2. The maximum atomic E-state index is 12.6. The third-order valence-electron chi connectivity index (χ3n) is 3.99. The Bertz CT molecular complexity index is 1060. The predicted molar refractivity (Wildman–Crippen MR) is 117 cm³/mol. The zero-order valence-electron chi connectivity index (χ0n) is 16.3. The molecule has 0 unspecified atom stereocenters. The molecular formula is C20H19BrN4O4S. The van der Waals surface area contributed by atoms with Crippen LogP contribution in [-0.2, 0) is 17.9 Å². The van der Waals surface area contributed by atoms with Gasteiger partial charge in [0.25, 0.3) is 11.8 Å². The van der Waals surface area contributed by atoms with Gasteiger partial charge in [0.15, 0.2) is 0 Å². The van der Waals surface area contributed by atoms with Crippen molar-refractivity contribution in [2.45, 2.75) is 13.2 Å². The largest absolute Gasteiger partial charge is 0.496 e. The summed E-state index contributed by atoms with van der Waals surface area (Å²) in [5.74, 6) is 0.0159. The molecule has 3 aromatic rings. The van der Waals surface area contributed by atoms with Gasteiger partial charge in [-0.05, 0) is 36.4 Å². The van der Waals surface area contributed by atoms with E-state index in [4.69, 9.17) is 9.47 Å². The van der Waals surface area contributed by atoms with Crippen LogP contribution in [0.4, 0.5) is 5.69 Å². The van der Waals surface area contributed by atoms with E-state index in [1.54, 1.807) is 38.5 Å². The summed E-state index contributed by atoms with van der Waals surface area (Å²) in [6.07, 6.45) is 0. The number of benzene rings is 2. The lowest BCUT2D eigenvalue weighted by molar-refractivity contribution is 0.0949. The molecule has 8 nitrogen and oxygen atoms in total. The molecule has 0 bridgehead atoms. The third kappa shape index (κ3) is 5.62. The highest BCUT2D eigenvalue weighted by atomic mass is 79.9. The molecule has 0 spiro atoms. The molecule has 0 atom stereocenters. The number of nitrogens with one attached hydrogen (secondary N) is 2. The smallest absolute Gasteiger partial charge is 0.286 e. The second-order valence-electron chi connectivity index (χ2n) is 6.11. The summed E-state index contributed by atoms with van der Waals surface area (Å²) in [7, 11) is 3.13. The molecule has 0 aliphatic carbocycles. The molecule has 2 aromatic carbocycles. The average molecular weight is 491 g/mol. The maximum Gasteiger partial charge on any atom is 0.286 e. The number of carbonyl (C=O) groups excluding carboxylic acids is 2. The minimum absolute atomic E-state index is 0.221. The third-order valence-corrected chi connectivity index (χ3v) is 5.38. The lowest BCUT2D eigenvalue weighted by atomic mass is 10.1. The van der Waals surface area contributed by atoms with E-state index < -0.39 is 5.91 Å². The van der Waals surface area contributed by atoms with E-state index >= 15 is 0 Å². The Balaban J connectivity index is 1.65. The molecule has 10 heteroatoms. The van der Waals surface area contributed by atoms with Gasteiger partial charge in [-0.15, -0.1) is 10.2 Å². The molecule has 2 N–H and O–H groups in total. The standard InChI is InChI=1S/C20H19BrN4O4S/c1-28-11-17-24-25-20(30-17)19(27)23-15-5-3-4-12(9-15)18(26)22-10-13-8-14(21)6-7-16(13)29-2/h3-9H,10-11H2,1-2H3,(H,22,26)(H,23,27). The second kappa shape index (κ2) is 10.3. The minimum atomic E-state index is -0.397. The van der Waals surface area contributed by atoms with Gasteiger partial charge in [0.2, 0.25) is 5.01 Å². The van der Waals surface area contributed by atoms with Gasteiger partial charge in [-0.1, -0.05) is 33.3 Å². The van der Waals surface area contributed by atoms with Crippen LogP contribution in [0.25, 0.3) is 0 Å². The molecule has 0 saturated heterocycles. The van der Waals surface area contributed by atoms with E-state index in [0.29, 0.717) is 35.2 Å². The lowest BCUT2D eigenvalue weighted by Crippen LogP contribution is -2.23. The summed E-state index contributed by atoms with van der Waals surface area (Å²) in [4.78, 5) is 24.9. The quantitative estimate of drug-likeness (QED) is 0.499. The molecule has 1 aromatic heterocycles. The fraction of sp³-hybridized carbons (Fsp3) is 0.200. The predicted octanol–water partition coefficient (Wildman–Crippen LogP) is 3.64. The summed E-state index contributed by atoms with van der Waals surface area (Å²) in [6.45, 7) is 0.592. The maximum absolute atomic E-state index is 12.6. The van der Waals surface area contributed by atoms with Crippen molar-refractivity contribution in [3.63, 3.8) is 0 Å². The molecule has 0 saturated carbocycles. The van der Waals surface area contributed by atoms with Gasteiger partial charge in [-0.2, -0.15) is 0 Å². The molecule has 30 heavy (non-hydrogen) atoms.